The molecular weight excluding hydrogens is 430 g/mol. The number of likely N-dealkylation sites (tertiary alicyclic amines) is 1. The van der Waals surface area contributed by atoms with Crippen molar-refractivity contribution in [3.05, 3.63) is 69.0 Å². The minimum atomic E-state index is 0.216. The summed E-state index contributed by atoms with van der Waals surface area (Å²) in [5.74, 6) is 0.343. The van der Waals surface area contributed by atoms with Gasteiger partial charge in [-0.3, -0.25) is 4.90 Å². The Morgan fingerprint density at radius 3 is 2.70 bits per heavy atom. The molecule has 30 heavy (non-hydrogen) atoms. The Hall–Kier alpha value is -1.57. The van der Waals surface area contributed by atoms with Crippen LogP contribution in [-0.4, -0.2) is 34.3 Å². The highest BCUT2D eigenvalue weighted by Crippen LogP contribution is 2.38. The van der Waals surface area contributed by atoms with Gasteiger partial charge in [0.15, 0.2) is 0 Å². The van der Waals surface area contributed by atoms with Crippen molar-refractivity contribution in [3.8, 4) is 16.2 Å². The van der Waals surface area contributed by atoms with Crippen LogP contribution in [0.15, 0.2) is 48.5 Å². The van der Waals surface area contributed by atoms with Gasteiger partial charge in [-0.15, -0.1) is 0 Å². The molecule has 2 heterocycles. The van der Waals surface area contributed by atoms with E-state index < -0.39 is 0 Å². The van der Waals surface area contributed by atoms with E-state index in [1.165, 1.54) is 28.8 Å². The third kappa shape index (κ3) is 5.01. The average molecular weight is 458 g/mol. The molecule has 0 aliphatic carbocycles. The Morgan fingerprint density at radius 2 is 1.90 bits per heavy atom. The van der Waals surface area contributed by atoms with E-state index in [2.05, 4.69) is 35.2 Å². The molecule has 2 N–H and O–H groups in total. The molecule has 0 radical (unpaired) electrons. The lowest BCUT2D eigenvalue weighted by Gasteiger charge is -2.35. The van der Waals surface area contributed by atoms with Crippen molar-refractivity contribution < 1.29 is 10.2 Å². The van der Waals surface area contributed by atoms with Crippen molar-refractivity contribution in [2.45, 2.75) is 44.7 Å². The van der Waals surface area contributed by atoms with Gasteiger partial charge in [-0.25, -0.2) is 0 Å². The predicted molar refractivity (Wildman–Crippen MR) is 129 cm³/mol. The summed E-state index contributed by atoms with van der Waals surface area (Å²) in [6.07, 6.45) is 5.14. The number of hydrogen-bond donors (Lipinski definition) is 2. The number of phenolic OH excluding ortho intramolecular Hbond substituents is 1. The first-order valence-electron chi connectivity index (χ1n) is 10.5. The number of hydrogen-bond acceptors (Lipinski definition) is 6. The number of aromatic hydroxyl groups is 1. The first-order valence-corrected chi connectivity index (χ1v) is 13.0. The molecule has 3 aromatic rings. The molecule has 3 nitrogen and oxygen atoms in total. The molecule has 0 spiro atoms. The fourth-order valence-electron chi connectivity index (χ4n) is 4.26. The number of aliphatic hydroxyl groups excluding tert-OH is 1. The molecule has 1 atom stereocenters. The second-order valence-electron chi connectivity index (χ2n) is 7.90. The predicted octanol–water partition coefficient (Wildman–Crippen LogP) is 6.24. The molecule has 1 unspecified atom stereocenters. The van der Waals surface area contributed by atoms with Crippen LogP contribution >= 0.6 is 32.9 Å². The maximum absolute atomic E-state index is 10.5. The summed E-state index contributed by atoms with van der Waals surface area (Å²) in [5, 5.41) is 20.0. The van der Waals surface area contributed by atoms with Gasteiger partial charge in [0.25, 0.3) is 0 Å². The standard InChI is InChI=1S/C24H27NO2S3/c26-13-11-20-8-4-5-12-25(20)16-19-15-18(9-10-22(19)27)23-21(24(28)30-29-23)14-17-6-2-1-3-7-17/h1-3,6-7,9-10,15,20,26-27H,4-5,8,11-14,16H2. The smallest absolute Gasteiger partial charge is 0.120 e. The molecule has 1 fully saturated rings. The van der Waals surface area contributed by atoms with Crippen LogP contribution in [0.25, 0.3) is 10.4 Å². The Kier molecular flexibility index (Phi) is 7.33. The van der Waals surface area contributed by atoms with E-state index in [-0.39, 0.29) is 6.61 Å². The third-order valence-corrected chi connectivity index (χ3v) is 9.06. The van der Waals surface area contributed by atoms with Gasteiger partial charge in [-0.1, -0.05) is 69.7 Å². The zero-order valence-corrected chi connectivity index (χ0v) is 19.4. The highest BCUT2D eigenvalue weighted by molar-refractivity contribution is 7.80. The van der Waals surface area contributed by atoms with Gasteiger partial charge in [0.05, 0.1) is 4.88 Å². The Morgan fingerprint density at radius 1 is 1.07 bits per heavy atom. The monoisotopic (exact) mass is 457 g/mol. The molecule has 1 saturated heterocycles. The molecule has 0 saturated carbocycles. The molecule has 1 aromatic heterocycles. The summed E-state index contributed by atoms with van der Waals surface area (Å²) in [6, 6.07) is 16.8. The van der Waals surface area contributed by atoms with Crippen LogP contribution in [0.3, 0.4) is 0 Å². The molecule has 1 aliphatic heterocycles. The molecule has 4 rings (SSSR count). The van der Waals surface area contributed by atoms with Crippen molar-refractivity contribution in [1.82, 2.24) is 4.90 Å². The Labute approximate surface area is 190 Å². The van der Waals surface area contributed by atoms with Gasteiger partial charge in [-0.05, 0) is 55.1 Å². The van der Waals surface area contributed by atoms with Crippen molar-refractivity contribution in [2.24, 2.45) is 0 Å². The fraction of sp³-hybridized carbons (Fsp3) is 0.375. The lowest BCUT2D eigenvalue weighted by molar-refractivity contribution is 0.111. The minimum Gasteiger partial charge on any atom is -0.508 e. The lowest BCUT2D eigenvalue weighted by atomic mass is 9.97. The van der Waals surface area contributed by atoms with E-state index in [1.807, 2.05) is 18.2 Å². The van der Waals surface area contributed by atoms with E-state index in [4.69, 9.17) is 12.2 Å². The van der Waals surface area contributed by atoms with E-state index in [1.54, 1.807) is 20.7 Å². The molecule has 158 valence electrons. The SMILES string of the molecule is OCCC1CCCCN1Cc1cc(-c2ssc(=S)c2Cc2ccccc2)ccc1O. The van der Waals surface area contributed by atoms with E-state index in [9.17, 15) is 10.2 Å². The third-order valence-electron chi connectivity index (χ3n) is 5.87. The summed E-state index contributed by atoms with van der Waals surface area (Å²) >= 11 is 5.65. The van der Waals surface area contributed by atoms with Crippen LogP contribution in [0.1, 0.15) is 42.4 Å². The molecule has 6 heteroatoms. The second-order valence-corrected chi connectivity index (χ2v) is 10.7. The minimum absolute atomic E-state index is 0.216. The quantitative estimate of drug-likeness (QED) is 0.326. The summed E-state index contributed by atoms with van der Waals surface area (Å²) in [4.78, 5) is 3.62. The van der Waals surface area contributed by atoms with Crippen LogP contribution in [0.2, 0.25) is 0 Å². The number of phenols is 1. The molecule has 2 aromatic carbocycles. The van der Waals surface area contributed by atoms with Gasteiger partial charge in [0.2, 0.25) is 0 Å². The highest BCUT2D eigenvalue weighted by atomic mass is 32.9. The Bertz CT molecular complexity index is 1030. The zero-order chi connectivity index (χ0) is 20.9. The summed E-state index contributed by atoms with van der Waals surface area (Å²) in [7, 11) is 3.38. The van der Waals surface area contributed by atoms with Crippen LogP contribution in [0, 0.1) is 3.82 Å². The van der Waals surface area contributed by atoms with Crippen LogP contribution in [0.5, 0.6) is 5.75 Å². The number of piperidine rings is 1. The van der Waals surface area contributed by atoms with Crippen LogP contribution in [-0.2, 0) is 13.0 Å². The summed E-state index contributed by atoms with van der Waals surface area (Å²) in [6.45, 7) is 1.95. The van der Waals surface area contributed by atoms with Gasteiger partial charge >= 0.3 is 0 Å². The van der Waals surface area contributed by atoms with Crippen molar-refractivity contribution in [2.75, 3.05) is 13.2 Å². The molecule has 0 bridgehead atoms. The molecule has 1 aliphatic rings. The van der Waals surface area contributed by atoms with E-state index in [0.717, 1.165) is 40.8 Å². The van der Waals surface area contributed by atoms with Crippen molar-refractivity contribution in [3.63, 3.8) is 0 Å². The molecule has 0 amide bonds. The average Bonchev–Trinajstić information content (AvgIpc) is 3.12. The molecular formula is C24H27NO2S3. The second kappa shape index (κ2) is 10.2. The van der Waals surface area contributed by atoms with Crippen LogP contribution < -0.4 is 0 Å². The topological polar surface area (TPSA) is 43.7 Å². The van der Waals surface area contributed by atoms with Crippen molar-refractivity contribution in [1.29, 1.82) is 0 Å². The number of aliphatic hydroxyl groups is 1. The van der Waals surface area contributed by atoms with Gasteiger partial charge in [0.1, 0.15) is 9.57 Å². The van der Waals surface area contributed by atoms with E-state index in [0.29, 0.717) is 18.3 Å². The summed E-state index contributed by atoms with van der Waals surface area (Å²) in [5.41, 5.74) is 4.54. The van der Waals surface area contributed by atoms with Gasteiger partial charge in [0, 0.05) is 36.7 Å². The normalized spacial score (nSPS) is 17.3. The maximum atomic E-state index is 10.5. The highest BCUT2D eigenvalue weighted by Gasteiger charge is 2.23. The fourth-order valence-corrected chi connectivity index (χ4v) is 7.17. The van der Waals surface area contributed by atoms with Crippen molar-refractivity contribution >= 4 is 32.9 Å². The summed E-state index contributed by atoms with van der Waals surface area (Å²) < 4.78 is 0.951. The number of nitrogens with zero attached hydrogens (tertiary/aromatic N) is 1. The largest absolute Gasteiger partial charge is 0.508 e. The number of rotatable bonds is 7. The lowest BCUT2D eigenvalue weighted by Crippen LogP contribution is -2.39. The zero-order valence-electron chi connectivity index (χ0n) is 16.9. The van der Waals surface area contributed by atoms with Crippen LogP contribution in [0.4, 0.5) is 0 Å². The van der Waals surface area contributed by atoms with Gasteiger partial charge in [-0.2, -0.15) is 0 Å². The number of benzene rings is 2. The first kappa shape index (κ1) is 21.7. The maximum Gasteiger partial charge on any atom is 0.120 e. The van der Waals surface area contributed by atoms with E-state index >= 15 is 0 Å². The van der Waals surface area contributed by atoms with Gasteiger partial charge < -0.3 is 10.2 Å². The first-order chi connectivity index (χ1) is 14.7. The Balaban J connectivity index is 1.62.